The predicted octanol–water partition coefficient (Wildman–Crippen LogP) is 9.81. The second kappa shape index (κ2) is 21.1. The monoisotopic (exact) mass is 885 g/mol. The highest BCUT2D eigenvalue weighted by molar-refractivity contribution is 7.99. The van der Waals surface area contributed by atoms with Crippen LogP contribution < -0.4 is 19.6 Å². The Morgan fingerprint density at radius 2 is 1.47 bits per heavy atom. The van der Waals surface area contributed by atoms with Crippen molar-refractivity contribution in [2.24, 2.45) is 5.92 Å². The van der Waals surface area contributed by atoms with Gasteiger partial charge in [0.1, 0.15) is 28.0 Å². The van der Waals surface area contributed by atoms with Crippen molar-refractivity contribution in [3.63, 3.8) is 0 Å². The predicted molar refractivity (Wildman–Crippen MR) is 248 cm³/mol. The van der Waals surface area contributed by atoms with Crippen molar-refractivity contribution in [2.75, 3.05) is 49.1 Å². The Balaban J connectivity index is 1.46. The van der Waals surface area contributed by atoms with Crippen molar-refractivity contribution in [2.45, 2.75) is 73.0 Å². The third kappa shape index (κ3) is 11.4. The standard InChI is InChI=1S/C47H55N3O6S4/c1-5-9-16-35(6-2)34-48-59(51,52)40-23-26-43(46(33-40)60(53,54)55)47-41-24-21-36(49(7-3)27-29-57-38-17-12-10-13-18-38)31-44(41)56-45-32-37(22-25-42(45)47)50(8-4)28-30-58-39-19-14-11-15-20-39/h10-15,17-26,31-33,35,48H,5-9,16,27-30,34H2,1-4H3. The molecule has 1 aliphatic heterocycles. The lowest BCUT2D eigenvalue weighted by atomic mass is 9.93. The second-order valence-corrected chi connectivity index (χ2v) is 20.2. The average molecular weight is 886 g/mol. The Hall–Kier alpha value is -4.11. The lowest BCUT2D eigenvalue weighted by molar-refractivity contribution is 0.443. The van der Waals surface area contributed by atoms with Gasteiger partial charge in [0.2, 0.25) is 15.4 Å². The van der Waals surface area contributed by atoms with E-state index in [2.05, 4.69) is 59.2 Å². The molecule has 0 spiro atoms. The van der Waals surface area contributed by atoms with Gasteiger partial charge in [0.25, 0.3) is 0 Å². The summed E-state index contributed by atoms with van der Waals surface area (Å²) >= 11 is 3.57. The van der Waals surface area contributed by atoms with Crippen LogP contribution >= 0.6 is 23.5 Å². The van der Waals surface area contributed by atoms with Gasteiger partial charge in [-0.25, -0.2) is 26.1 Å². The Morgan fingerprint density at radius 1 is 0.783 bits per heavy atom. The fraction of sp³-hybridized carbons (Fsp3) is 0.340. The van der Waals surface area contributed by atoms with Crippen LogP contribution in [-0.2, 0) is 20.1 Å². The number of sulfonamides is 1. The van der Waals surface area contributed by atoms with Crippen molar-refractivity contribution >= 4 is 60.3 Å². The van der Waals surface area contributed by atoms with Gasteiger partial charge >= 0.3 is 0 Å². The van der Waals surface area contributed by atoms with E-state index in [1.807, 2.05) is 79.7 Å². The highest BCUT2D eigenvalue weighted by Crippen LogP contribution is 2.43. The maximum absolute atomic E-state index is 13.6. The molecule has 0 radical (unpaired) electrons. The van der Waals surface area contributed by atoms with Crippen LogP contribution in [0.4, 0.5) is 5.69 Å². The highest BCUT2D eigenvalue weighted by Gasteiger charge is 2.26. The SMILES string of the molecule is CCCCC(CC)CNS(=O)(=O)c1ccc(-c2c3ccc(=[N+](CC)CCSc4ccccc4)cc-3oc3cc(N(CC)CCSc4ccccc4)ccc23)c(S(=O)(=O)[O-])c1. The first-order valence-electron chi connectivity index (χ1n) is 20.7. The Morgan fingerprint density at radius 3 is 2.10 bits per heavy atom. The van der Waals surface area contributed by atoms with Gasteiger partial charge in [0.15, 0.2) is 6.54 Å². The molecule has 0 fully saturated rings. The molecule has 13 heteroatoms. The largest absolute Gasteiger partial charge is 0.744 e. The summed E-state index contributed by atoms with van der Waals surface area (Å²) in [5.41, 5.74) is 2.63. The third-order valence-corrected chi connectivity index (χ3v) is 15.1. The van der Waals surface area contributed by atoms with Crippen LogP contribution in [0.2, 0.25) is 0 Å². The van der Waals surface area contributed by atoms with Crippen LogP contribution in [0.15, 0.2) is 139 Å². The van der Waals surface area contributed by atoms with Gasteiger partial charge in [-0.05, 0) is 80.8 Å². The van der Waals surface area contributed by atoms with Gasteiger partial charge in [-0.1, -0.05) is 75.6 Å². The quantitative estimate of drug-likeness (QED) is 0.0326. The zero-order chi connectivity index (χ0) is 42.7. The first kappa shape index (κ1) is 45.4. The molecule has 1 N–H and O–H groups in total. The summed E-state index contributed by atoms with van der Waals surface area (Å²) in [4.78, 5) is 3.78. The second-order valence-electron chi connectivity index (χ2n) is 14.7. The molecule has 6 rings (SSSR count). The van der Waals surface area contributed by atoms with Crippen LogP contribution in [0.3, 0.4) is 0 Å². The number of unbranched alkanes of at least 4 members (excludes halogenated alkanes) is 1. The fourth-order valence-electron chi connectivity index (χ4n) is 7.41. The molecule has 9 nitrogen and oxygen atoms in total. The van der Waals surface area contributed by atoms with Crippen LogP contribution in [0.1, 0.15) is 53.4 Å². The first-order chi connectivity index (χ1) is 28.9. The van der Waals surface area contributed by atoms with Crippen molar-refractivity contribution in [3.8, 4) is 22.5 Å². The van der Waals surface area contributed by atoms with E-state index in [0.717, 1.165) is 80.5 Å². The molecule has 2 aliphatic rings. The summed E-state index contributed by atoms with van der Waals surface area (Å²) in [6.45, 7) is 11.6. The molecule has 4 aromatic carbocycles. The minimum Gasteiger partial charge on any atom is -0.744 e. The smallest absolute Gasteiger partial charge is 0.240 e. The molecule has 0 amide bonds. The van der Waals surface area contributed by atoms with E-state index >= 15 is 0 Å². The number of thioether (sulfide) groups is 2. The minimum absolute atomic E-state index is 0.114. The van der Waals surface area contributed by atoms with E-state index in [9.17, 15) is 21.4 Å². The Bertz CT molecular complexity index is 2620. The molecular formula is C47H55N3O6S4. The zero-order valence-corrected chi connectivity index (χ0v) is 38.1. The van der Waals surface area contributed by atoms with E-state index in [1.54, 1.807) is 23.5 Å². The summed E-state index contributed by atoms with van der Waals surface area (Å²) in [7, 11) is -9.29. The van der Waals surface area contributed by atoms with Crippen LogP contribution in [-0.4, -0.2) is 65.6 Å². The molecule has 1 heterocycles. The number of nitrogens with zero attached hydrogens (tertiary/aromatic N) is 2. The van der Waals surface area contributed by atoms with E-state index in [1.165, 1.54) is 21.9 Å². The Kier molecular flexibility index (Phi) is 16.0. The maximum Gasteiger partial charge on any atom is 0.240 e. The molecule has 0 saturated heterocycles. The van der Waals surface area contributed by atoms with Crippen molar-refractivity contribution in [1.82, 2.24) is 9.30 Å². The third-order valence-electron chi connectivity index (χ3n) is 10.8. The van der Waals surface area contributed by atoms with Gasteiger partial charge in [0, 0.05) is 75.1 Å². The van der Waals surface area contributed by atoms with Crippen LogP contribution in [0.5, 0.6) is 0 Å². The van der Waals surface area contributed by atoms with Crippen molar-refractivity contribution in [3.05, 3.63) is 121 Å². The van der Waals surface area contributed by atoms with Crippen molar-refractivity contribution in [1.29, 1.82) is 0 Å². The molecule has 0 aromatic heterocycles. The highest BCUT2D eigenvalue weighted by atomic mass is 32.2. The number of rotatable bonds is 21. The van der Waals surface area contributed by atoms with Crippen LogP contribution in [0, 0.1) is 5.92 Å². The zero-order valence-electron chi connectivity index (χ0n) is 34.8. The van der Waals surface area contributed by atoms with Gasteiger partial charge < -0.3 is 13.9 Å². The number of nitrogens with one attached hydrogen (secondary N) is 1. The van der Waals surface area contributed by atoms with E-state index in [4.69, 9.17) is 4.42 Å². The molecule has 0 bridgehead atoms. The van der Waals surface area contributed by atoms with E-state index < -0.39 is 25.0 Å². The van der Waals surface area contributed by atoms with Gasteiger partial charge in [-0.15, -0.1) is 23.5 Å². The number of hydrogen-bond donors (Lipinski definition) is 1. The fourth-order valence-corrected chi connectivity index (χ4v) is 11.1. The molecule has 4 aromatic rings. The lowest BCUT2D eigenvalue weighted by Gasteiger charge is -2.24. The summed E-state index contributed by atoms with van der Waals surface area (Å²) in [6, 6.07) is 36.1. The van der Waals surface area contributed by atoms with Crippen LogP contribution in [0.25, 0.3) is 33.4 Å². The summed E-state index contributed by atoms with van der Waals surface area (Å²) in [5.74, 6) is 2.37. The Labute approximate surface area is 364 Å². The lowest BCUT2D eigenvalue weighted by Crippen LogP contribution is -2.31. The molecule has 60 heavy (non-hydrogen) atoms. The van der Waals surface area contributed by atoms with E-state index in [-0.39, 0.29) is 22.9 Å². The molecular weight excluding hydrogens is 831 g/mol. The normalized spacial score (nSPS) is 13.2. The molecule has 0 saturated carbocycles. The number of fused-ring (bicyclic) bond motifs is 2. The molecule has 1 atom stereocenters. The van der Waals surface area contributed by atoms with Gasteiger partial charge in [-0.2, -0.15) is 0 Å². The molecule has 1 aliphatic carbocycles. The van der Waals surface area contributed by atoms with Gasteiger partial charge in [0.05, 0.1) is 21.6 Å². The number of anilines is 1. The first-order valence-corrected chi connectivity index (χ1v) is 25.6. The summed E-state index contributed by atoms with van der Waals surface area (Å²) in [6.07, 6.45) is 3.66. The average Bonchev–Trinajstić information content (AvgIpc) is 3.25. The molecule has 1 unspecified atom stereocenters. The van der Waals surface area contributed by atoms with Crippen molar-refractivity contribution < 1.29 is 25.8 Å². The molecule has 318 valence electrons. The maximum atomic E-state index is 13.6. The van der Waals surface area contributed by atoms with Gasteiger partial charge in [-0.3, -0.25) is 0 Å². The minimum atomic E-state index is -5.16. The summed E-state index contributed by atoms with van der Waals surface area (Å²) < 4.78 is 78.4. The van der Waals surface area contributed by atoms with E-state index in [0.29, 0.717) is 27.9 Å². The number of hydrogen-bond acceptors (Lipinski definition) is 9. The topological polar surface area (TPSA) is 123 Å². The number of benzene rings is 5. The summed E-state index contributed by atoms with van der Waals surface area (Å²) in [5, 5.41) is 1.53.